The van der Waals surface area contributed by atoms with Crippen LogP contribution in [0.3, 0.4) is 0 Å². The number of allylic oxidation sites excluding steroid dienone is 1. The number of hydrogen-bond donors (Lipinski definition) is 1. The van der Waals surface area contributed by atoms with Gasteiger partial charge < -0.3 is 9.84 Å². The van der Waals surface area contributed by atoms with Crippen LogP contribution in [0.15, 0.2) is 29.8 Å². The van der Waals surface area contributed by atoms with E-state index in [0.717, 1.165) is 11.3 Å². The minimum atomic E-state index is 0.116. The van der Waals surface area contributed by atoms with E-state index in [-0.39, 0.29) is 11.9 Å². The number of hydrogen-bond acceptors (Lipinski definition) is 2. The number of ether oxygens (including phenoxy) is 1. The van der Waals surface area contributed by atoms with Crippen LogP contribution in [0.1, 0.15) is 47.1 Å². The molecule has 0 amide bonds. The summed E-state index contributed by atoms with van der Waals surface area (Å²) in [5.41, 5.74) is 2.24. The van der Waals surface area contributed by atoms with E-state index in [1.165, 1.54) is 5.57 Å². The summed E-state index contributed by atoms with van der Waals surface area (Å²) in [6.07, 6.45) is 0.116. The Hall–Kier alpha value is -1.44. The second-order valence-corrected chi connectivity index (χ2v) is 5.81. The van der Waals surface area contributed by atoms with Crippen molar-refractivity contribution in [2.75, 3.05) is 0 Å². The Kier molecular flexibility index (Phi) is 5.46. The minimum absolute atomic E-state index is 0.116. The largest absolute Gasteiger partial charge is 0.508 e. The van der Waals surface area contributed by atoms with E-state index in [4.69, 9.17) is 4.74 Å². The van der Waals surface area contributed by atoms with Gasteiger partial charge in [0.05, 0.1) is 6.10 Å². The number of phenolic OH excluding ortho intramolecular Hbond substituents is 1. The Bertz CT molecular complexity index is 432. The van der Waals surface area contributed by atoms with Gasteiger partial charge in [0.1, 0.15) is 11.5 Å². The van der Waals surface area contributed by atoms with E-state index in [9.17, 15) is 5.11 Å². The number of phenols is 1. The zero-order valence-electron chi connectivity index (χ0n) is 12.9. The van der Waals surface area contributed by atoms with Crippen LogP contribution in [0, 0.1) is 11.8 Å². The van der Waals surface area contributed by atoms with E-state index >= 15 is 0 Å². The first-order valence-electron chi connectivity index (χ1n) is 7.03. The molecule has 1 aromatic carbocycles. The summed E-state index contributed by atoms with van der Waals surface area (Å²) in [7, 11) is 0. The lowest BCUT2D eigenvalue weighted by Gasteiger charge is -2.24. The summed E-state index contributed by atoms with van der Waals surface area (Å²) < 4.78 is 6.04. The molecule has 0 bridgehead atoms. The van der Waals surface area contributed by atoms with Crippen LogP contribution in [0.4, 0.5) is 0 Å². The van der Waals surface area contributed by atoms with Crippen molar-refractivity contribution in [1.82, 2.24) is 0 Å². The molecule has 1 aromatic rings. The lowest BCUT2D eigenvalue weighted by Crippen LogP contribution is -2.11. The summed E-state index contributed by atoms with van der Waals surface area (Å²) in [6.45, 7) is 12.8. The van der Waals surface area contributed by atoms with E-state index in [2.05, 4.69) is 27.7 Å². The van der Waals surface area contributed by atoms with Crippen LogP contribution in [-0.2, 0) is 4.74 Å². The Morgan fingerprint density at radius 1 is 1.00 bits per heavy atom. The maximum absolute atomic E-state index is 9.68. The van der Waals surface area contributed by atoms with Gasteiger partial charge in [-0.2, -0.15) is 0 Å². The van der Waals surface area contributed by atoms with Crippen molar-refractivity contribution in [3.8, 4) is 5.75 Å². The van der Waals surface area contributed by atoms with Gasteiger partial charge in [0, 0.05) is 5.56 Å². The monoisotopic (exact) mass is 262 g/mol. The molecule has 0 saturated heterocycles. The van der Waals surface area contributed by atoms with Gasteiger partial charge in [0.25, 0.3) is 0 Å². The van der Waals surface area contributed by atoms with Crippen molar-refractivity contribution in [3.05, 3.63) is 35.4 Å². The minimum Gasteiger partial charge on any atom is -0.508 e. The lowest BCUT2D eigenvalue weighted by atomic mass is 9.89. The fourth-order valence-corrected chi connectivity index (χ4v) is 2.38. The molecule has 19 heavy (non-hydrogen) atoms. The van der Waals surface area contributed by atoms with Gasteiger partial charge in [-0.1, -0.05) is 39.8 Å². The van der Waals surface area contributed by atoms with Crippen LogP contribution < -0.4 is 0 Å². The number of benzene rings is 1. The molecule has 0 saturated carbocycles. The second-order valence-electron chi connectivity index (χ2n) is 5.81. The van der Waals surface area contributed by atoms with Crippen molar-refractivity contribution in [1.29, 1.82) is 0 Å². The summed E-state index contributed by atoms with van der Waals surface area (Å²) in [6, 6.07) is 7.29. The molecule has 1 rings (SSSR count). The van der Waals surface area contributed by atoms with E-state index in [1.807, 2.05) is 26.0 Å². The van der Waals surface area contributed by atoms with E-state index in [0.29, 0.717) is 11.8 Å². The fourth-order valence-electron chi connectivity index (χ4n) is 2.38. The van der Waals surface area contributed by atoms with Crippen molar-refractivity contribution in [2.45, 2.75) is 47.6 Å². The second kappa shape index (κ2) is 6.65. The molecule has 0 aliphatic heterocycles. The maximum atomic E-state index is 9.68. The fraction of sp³-hybridized carbons (Fsp3) is 0.529. The Labute approximate surface area is 117 Å². The Morgan fingerprint density at radius 2 is 1.58 bits per heavy atom. The summed E-state index contributed by atoms with van der Waals surface area (Å²) in [4.78, 5) is 0. The third-order valence-electron chi connectivity index (χ3n) is 2.97. The molecule has 2 nitrogen and oxygen atoms in total. The zero-order valence-corrected chi connectivity index (χ0v) is 12.9. The van der Waals surface area contributed by atoms with Crippen molar-refractivity contribution >= 4 is 5.76 Å². The first kappa shape index (κ1) is 15.6. The number of aromatic hydroxyl groups is 1. The highest BCUT2D eigenvalue weighted by Crippen LogP contribution is 2.32. The molecule has 1 N–H and O–H groups in total. The molecule has 0 spiro atoms. The standard InChI is InChI=1S/C17H26O2/c1-11(2)16(12(3)4)17(19-13(5)6)14-8-7-9-15(18)10-14/h7-13,18H,1-6H3. The average molecular weight is 262 g/mol. The van der Waals surface area contributed by atoms with Gasteiger partial charge in [-0.15, -0.1) is 0 Å². The van der Waals surface area contributed by atoms with Gasteiger partial charge in [0.2, 0.25) is 0 Å². The molecular formula is C17H26O2. The van der Waals surface area contributed by atoms with Gasteiger partial charge in [0.15, 0.2) is 0 Å². The Morgan fingerprint density at radius 3 is 2.00 bits per heavy atom. The predicted octanol–water partition coefficient (Wildman–Crippen LogP) is 4.84. The molecular weight excluding hydrogens is 236 g/mol. The predicted molar refractivity (Wildman–Crippen MR) is 80.9 cm³/mol. The molecule has 0 heterocycles. The zero-order chi connectivity index (χ0) is 14.6. The van der Waals surface area contributed by atoms with Crippen LogP contribution in [0.2, 0.25) is 0 Å². The first-order chi connectivity index (χ1) is 8.82. The van der Waals surface area contributed by atoms with Crippen LogP contribution in [-0.4, -0.2) is 11.2 Å². The van der Waals surface area contributed by atoms with Crippen LogP contribution in [0.5, 0.6) is 5.75 Å². The third kappa shape index (κ3) is 4.30. The van der Waals surface area contributed by atoms with E-state index in [1.54, 1.807) is 12.1 Å². The average Bonchev–Trinajstić information content (AvgIpc) is 2.26. The molecule has 106 valence electrons. The van der Waals surface area contributed by atoms with E-state index < -0.39 is 0 Å². The van der Waals surface area contributed by atoms with Crippen molar-refractivity contribution in [3.63, 3.8) is 0 Å². The molecule has 0 unspecified atom stereocenters. The van der Waals surface area contributed by atoms with Crippen LogP contribution >= 0.6 is 0 Å². The highest BCUT2D eigenvalue weighted by molar-refractivity contribution is 5.65. The van der Waals surface area contributed by atoms with Crippen molar-refractivity contribution < 1.29 is 9.84 Å². The van der Waals surface area contributed by atoms with Gasteiger partial charge in [-0.05, 0) is 43.4 Å². The molecule has 0 radical (unpaired) electrons. The molecule has 0 fully saturated rings. The summed E-state index contributed by atoms with van der Waals surface area (Å²) >= 11 is 0. The first-order valence-corrected chi connectivity index (χ1v) is 7.03. The Balaban J connectivity index is 3.38. The molecule has 0 aliphatic carbocycles. The molecule has 0 aliphatic rings. The SMILES string of the molecule is CC(C)OC(=C(C(C)C)C(C)C)c1cccc(O)c1. The van der Waals surface area contributed by atoms with Gasteiger partial charge in [-0.3, -0.25) is 0 Å². The summed E-state index contributed by atoms with van der Waals surface area (Å²) in [5.74, 6) is 2.01. The third-order valence-corrected chi connectivity index (χ3v) is 2.97. The topological polar surface area (TPSA) is 29.5 Å². The summed E-state index contributed by atoms with van der Waals surface area (Å²) in [5, 5.41) is 9.68. The smallest absolute Gasteiger partial charge is 0.126 e. The molecule has 2 heteroatoms. The highest BCUT2D eigenvalue weighted by atomic mass is 16.5. The number of rotatable bonds is 5. The lowest BCUT2D eigenvalue weighted by molar-refractivity contribution is 0.199. The van der Waals surface area contributed by atoms with Gasteiger partial charge >= 0.3 is 0 Å². The highest BCUT2D eigenvalue weighted by Gasteiger charge is 2.18. The molecule has 0 atom stereocenters. The van der Waals surface area contributed by atoms with Gasteiger partial charge in [-0.25, -0.2) is 0 Å². The maximum Gasteiger partial charge on any atom is 0.126 e. The van der Waals surface area contributed by atoms with Crippen molar-refractivity contribution in [2.24, 2.45) is 11.8 Å². The quantitative estimate of drug-likeness (QED) is 0.769. The normalized spacial score (nSPS) is 11.2. The molecule has 0 aromatic heterocycles. The van der Waals surface area contributed by atoms with Crippen LogP contribution in [0.25, 0.3) is 5.76 Å².